The fraction of sp³-hybridized carbons (Fsp3) is 0.273. The number of oxime groups is 1. The van der Waals surface area contributed by atoms with E-state index >= 15 is 0 Å². The number of carbonyl (C=O) groups excluding carboxylic acids is 1. The monoisotopic (exact) mass is 237 g/mol. The summed E-state index contributed by atoms with van der Waals surface area (Å²) in [5.41, 5.74) is 1.70. The van der Waals surface area contributed by atoms with Crippen LogP contribution in [0.1, 0.15) is 15.9 Å². The van der Waals surface area contributed by atoms with E-state index in [0.29, 0.717) is 17.7 Å². The fourth-order valence-electron chi connectivity index (χ4n) is 1.69. The second-order valence-electron chi connectivity index (χ2n) is 3.44. The Morgan fingerprint density at radius 2 is 2.25 bits per heavy atom. The van der Waals surface area contributed by atoms with Crippen molar-refractivity contribution >= 4 is 23.3 Å². The first-order valence-corrected chi connectivity index (χ1v) is 5.87. The lowest BCUT2D eigenvalue weighted by molar-refractivity contribution is 0.106. The highest BCUT2D eigenvalue weighted by Gasteiger charge is 2.26. The van der Waals surface area contributed by atoms with Gasteiger partial charge in [0.25, 0.3) is 0 Å². The average molecular weight is 237 g/mol. The van der Waals surface area contributed by atoms with Crippen LogP contribution in [-0.4, -0.2) is 34.2 Å². The maximum Gasteiger partial charge on any atom is 0.211 e. The molecule has 84 valence electrons. The lowest BCUT2D eigenvalue weighted by atomic mass is 10.1. The quantitative estimate of drug-likeness (QED) is 0.473. The topological polar surface area (TPSA) is 69.9 Å². The smallest absolute Gasteiger partial charge is 0.211 e. The average Bonchev–Trinajstić information content (AvgIpc) is 2.63. The largest absolute Gasteiger partial charge is 0.411 e. The zero-order chi connectivity index (χ0) is 11.5. The van der Waals surface area contributed by atoms with E-state index in [0.717, 1.165) is 10.5 Å². The fourth-order valence-corrected chi connectivity index (χ4v) is 2.40. The zero-order valence-electron chi connectivity index (χ0n) is 8.51. The molecule has 2 N–H and O–H groups in total. The van der Waals surface area contributed by atoms with Crippen LogP contribution < -0.4 is 0 Å². The summed E-state index contributed by atoms with van der Waals surface area (Å²) in [6.07, 6.45) is 0.387. The number of rotatable bonds is 3. The van der Waals surface area contributed by atoms with E-state index in [9.17, 15) is 4.79 Å². The number of ketones is 1. The Bertz CT molecular complexity index is 457. The molecule has 0 atom stereocenters. The SMILES string of the molecule is O=C1/C(=N/O)Cc2cc(SCCO)ccc21. The second-order valence-corrected chi connectivity index (χ2v) is 4.61. The summed E-state index contributed by atoms with van der Waals surface area (Å²) in [5.74, 6) is 0.435. The number of fused-ring (bicyclic) bond motifs is 1. The molecule has 0 heterocycles. The normalized spacial score (nSPS) is 16.8. The third kappa shape index (κ3) is 1.96. The van der Waals surface area contributed by atoms with Crippen molar-refractivity contribution in [3.8, 4) is 0 Å². The zero-order valence-corrected chi connectivity index (χ0v) is 9.33. The lowest BCUT2D eigenvalue weighted by Gasteiger charge is -2.01. The van der Waals surface area contributed by atoms with E-state index in [1.54, 1.807) is 6.07 Å². The van der Waals surface area contributed by atoms with Crippen LogP contribution in [0.25, 0.3) is 0 Å². The predicted octanol–water partition coefficient (Wildman–Crippen LogP) is 1.34. The van der Waals surface area contributed by atoms with Gasteiger partial charge in [0.2, 0.25) is 5.78 Å². The van der Waals surface area contributed by atoms with E-state index < -0.39 is 0 Å². The van der Waals surface area contributed by atoms with Crippen molar-refractivity contribution in [2.24, 2.45) is 5.16 Å². The molecule has 0 bridgehead atoms. The molecule has 0 radical (unpaired) electrons. The number of aliphatic hydroxyl groups excluding tert-OH is 1. The van der Waals surface area contributed by atoms with E-state index in [1.807, 2.05) is 12.1 Å². The number of aliphatic hydroxyl groups is 1. The molecule has 1 aliphatic rings. The van der Waals surface area contributed by atoms with Gasteiger partial charge in [-0.2, -0.15) is 0 Å². The number of Topliss-reactive ketones (excluding diaryl/α,β-unsaturated/α-hetero) is 1. The molecule has 2 rings (SSSR count). The van der Waals surface area contributed by atoms with Gasteiger partial charge in [-0.3, -0.25) is 4.79 Å². The number of hydrogen-bond donors (Lipinski definition) is 2. The molecule has 0 fully saturated rings. The molecular formula is C11H11NO3S. The molecule has 0 aromatic heterocycles. The van der Waals surface area contributed by atoms with Gasteiger partial charge in [0.15, 0.2) is 0 Å². The number of nitrogens with zero attached hydrogens (tertiary/aromatic N) is 1. The van der Waals surface area contributed by atoms with Gasteiger partial charge in [-0.05, 0) is 23.8 Å². The molecule has 5 heteroatoms. The highest BCUT2D eigenvalue weighted by atomic mass is 32.2. The van der Waals surface area contributed by atoms with Crippen LogP contribution in [0.4, 0.5) is 0 Å². The maximum absolute atomic E-state index is 11.6. The van der Waals surface area contributed by atoms with Crippen molar-refractivity contribution in [3.05, 3.63) is 29.3 Å². The second kappa shape index (κ2) is 4.67. The van der Waals surface area contributed by atoms with Gasteiger partial charge in [-0.1, -0.05) is 5.16 Å². The highest BCUT2D eigenvalue weighted by molar-refractivity contribution is 7.99. The van der Waals surface area contributed by atoms with Crippen molar-refractivity contribution in [3.63, 3.8) is 0 Å². The molecule has 4 nitrogen and oxygen atoms in total. The summed E-state index contributed by atoms with van der Waals surface area (Å²) >= 11 is 1.53. The van der Waals surface area contributed by atoms with Crippen LogP contribution in [0.5, 0.6) is 0 Å². The van der Waals surface area contributed by atoms with Gasteiger partial charge in [-0.25, -0.2) is 0 Å². The van der Waals surface area contributed by atoms with Crippen LogP contribution in [0.15, 0.2) is 28.3 Å². The highest BCUT2D eigenvalue weighted by Crippen LogP contribution is 2.26. The van der Waals surface area contributed by atoms with Crippen LogP contribution in [0.3, 0.4) is 0 Å². The first-order chi connectivity index (χ1) is 7.76. The third-order valence-electron chi connectivity index (χ3n) is 2.42. The summed E-state index contributed by atoms with van der Waals surface area (Å²) in [6, 6.07) is 5.50. The van der Waals surface area contributed by atoms with Crippen molar-refractivity contribution < 1.29 is 15.1 Å². The molecule has 0 saturated carbocycles. The number of hydrogen-bond acceptors (Lipinski definition) is 5. The molecule has 0 saturated heterocycles. The van der Waals surface area contributed by atoms with Gasteiger partial charge in [0, 0.05) is 22.6 Å². The summed E-state index contributed by atoms with van der Waals surface area (Å²) < 4.78 is 0. The molecular weight excluding hydrogens is 226 g/mol. The number of benzene rings is 1. The standard InChI is InChI=1S/C11H11NO3S/c13-3-4-16-8-1-2-9-7(5-8)6-10(12-15)11(9)14/h1-2,5,13,15H,3-4,6H2/b12-10+. The molecule has 16 heavy (non-hydrogen) atoms. The predicted molar refractivity (Wildman–Crippen MR) is 61.5 cm³/mol. The Morgan fingerprint density at radius 1 is 1.44 bits per heavy atom. The minimum Gasteiger partial charge on any atom is -0.411 e. The van der Waals surface area contributed by atoms with Crippen molar-refractivity contribution in [1.29, 1.82) is 0 Å². The molecule has 0 unspecified atom stereocenters. The van der Waals surface area contributed by atoms with E-state index in [4.69, 9.17) is 10.3 Å². The molecule has 0 amide bonds. The Morgan fingerprint density at radius 3 is 2.94 bits per heavy atom. The van der Waals surface area contributed by atoms with E-state index in [-0.39, 0.29) is 18.1 Å². The number of carbonyl (C=O) groups is 1. The Hall–Kier alpha value is -1.33. The molecule has 1 aliphatic carbocycles. The van der Waals surface area contributed by atoms with Crippen LogP contribution >= 0.6 is 11.8 Å². The molecule has 1 aromatic carbocycles. The van der Waals surface area contributed by atoms with Crippen molar-refractivity contribution in [2.75, 3.05) is 12.4 Å². The van der Waals surface area contributed by atoms with Crippen molar-refractivity contribution in [2.45, 2.75) is 11.3 Å². The minimum atomic E-state index is -0.198. The third-order valence-corrected chi connectivity index (χ3v) is 3.40. The van der Waals surface area contributed by atoms with Crippen LogP contribution in [0.2, 0.25) is 0 Å². The Kier molecular flexibility index (Phi) is 3.26. The summed E-state index contributed by atoms with van der Waals surface area (Å²) in [5, 5.41) is 20.4. The lowest BCUT2D eigenvalue weighted by Crippen LogP contribution is -2.06. The number of thioether (sulfide) groups is 1. The molecule has 0 spiro atoms. The van der Waals surface area contributed by atoms with Gasteiger partial charge in [0.05, 0.1) is 6.61 Å². The van der Waals surface area contributed by atoms with Gasteiger partial charge in [0.1, 0.15) is 5.71 Å². The maximum atomic E-state index is 11.6. The summed E-state index contributed by atoms with van der Waals surface area (Å²) in [4.78, 5) is 12.6. The van der Waals surface area contributed by atoms with E-state index in [1.165, 1.54) is 11.8 Å². The van der Waals surface area contributed by atoms with E-state index in [2.05, 4.69) is 5.16 Å². The molecule has 1 aromatic rings. The van der Waals surface area contributed by atoms with Crippen LogP contribution in [0, 0.1) is 0 Å². The molecule has 0 aliphatic heterocycles. The first kappa shape index (κ1) is 11.2. The summed E-state index contributed by atoms with van der Waals surface area (Å²) in [6.45, 7) is 0.129. The Labute approximate surface area is 97.0 Å². The van der Waals surface area contributed by atoms with Gasteiger partial charge >= 0.3 is 0 Å². The van der Waals surface area contributed by atoms with Crippen LogP contribution in [-0.2, 0) is 6.42 Å². The minimum absolute atomic E-state index is 0.129. The Balaban J connectivity index is 2.26. The van der Waals surface area contributed by atoms with Gasteiger partial charge in [-0.15, -0.1) is 11.8 Å². The first-order valence-electron chi connectivity index (χ1n) is 4.88. The van der Waals surface area contributed by atoms with Gasteiger partial charge < -0.3 is 10.3 Å². The summed E-state index contributed by atoms with van der Waals surface area (Å²) in [7, 11) is 0. The van der Waals surface area contributed by atoms with Crippen molar-refractivity contribution in [1.82, 2.24) is 0 Å².